The van der Waals surface area contributed by atoms with Crippen LogP contribution in [0.1, 0.15) is 23.2 Å². The molecule has 0 bridgehead atoms. The standard InChI is InChI=1S/C18H22N6O2/c1-12-6-15(26-22-12)7-13-10-25-11-17(13)23-4-3-20-18(23)16-8-14-9-19-2-5-24(14)21-16/h3-4,6,8,13,17,19H,2,5,7,9-11H2,1H3. The van der Waals surface area contributed by atoms with Crippen LogP contribution in [0.15, 0.2) is 29.0 Å². The van der Waals surface area contributed by atoms with Gasteiger partial charge in [-0.1, -0.05) is 5.16 Å². The van der Waals surface area contributed by atoms with E-state index < -0.39 is 0 Å². The lowest BCUT2D eigenvalue weighted by molar-refractivity contribution is 0.180. The van der Waals surface area contributed by atoms with E-state index in [4.69, 9.17) is 14.4 Å². The van der Waals surface area contributed by atoms with E-state index in [0.29, 0.717) is 19.1 Å². The van der Waals surface area contributed by atoms with Crippen LogP contribution in [-0.2, 0) is 24.2 Å². The normalized spacial score (nSPS) is 22.7. The van der Waals surface area contributed by atoms with Gasteiger partial charge in [0, 0.05) is 43.9 Å². The first-order valence-corrected chi connectivity index (χ1v) is 9.08. The fraction of sp³-hybridized carbons (Fsp3) is 0.500. The zero-order valence-corrected chi connectivity index (χ0v) is 14.8. The summed E-state index contributed by atoms with van der Waals surface area (Å²) in [5.41, 5.74) is 3.04. The highest BCUT2D eigenvalue weighted by Gasteiger charge is 2.32. The van der Waals surface area contributed by atoms with E-state index in [-0.39, 0.29) is 6.04 Å². The molecule has 2 atom stereocenters. The monoisotopic (exact) mass is 354 g/mol. The molecule has 8 nitrogen and oxygen atoms in total. The van der Waals surface area contributed by atoms with Gasteiger partial charge in [-0.2, -0.15) is 5.10 Å². The molecule has 5 heterocycles. The van der Waals surface area contributed by atoms with E-state index in [1.165, 1.54) is 5.69 Å². The Bertz CT molecular complexity index is 887. The largest absolute Gasteiger partial charge is 0.379 e. The van der Waals surface area contributed by atoms with Gasteiger partial charge in [-0.3, -0.25) is 4.68 Å². The van der Waals surface area contributed by atoms with Crippen molar-refractivity contribution in [2.24, 2.45) is 5.92 Å². The molecular formula is C18H22N6O2. The van der Waals surface area contributed by atoms with Crippen molar-refractivity contribution in [2.45, 2.75) is 32.5 Å². The second kappa shape index (κ2) is 6.37. The van der Waals surface area contributed by atoms with E-state index in [1.807, 2.05) is 25.4 Å². The number of rotatable bonds is 4. The number of nitrogens with zero attached hydrogens (tertiary/aromatic N) is 5. The van der Waals surface area contributed by atoms with Gasteiger partial charge < -0.3 is 19.1 Å². The summed E-state index contributed by atoms with van der Waals surface area (Å²) < 4.78 is 15.5. The Hall–Kier alpha value is -2.45. The summed E-state index contributed by atoms with van der Waals surface area (Å²) in [7, 11) is 0. The van der Waals surface area contributed by atoms with Crippen molar-refractivity contribution in [3.63, 3.8) is 0 Å². The first-order valence-electron chi connectivity index (χ1n) is 9.08. The molecule has 8 heteroatoms. The smallest absolute Gasteiger partial charge is 0.160 e. The third kappa shape index (κ3) is 2.75. The summed E-state index contributed by atoms with van der Waals surface area (Å²) in [4.78, 5) is 4.60. The van der Waals surface area contributed by atoms with Crippen LogP contribution in [0.5, 0.6) is 0 Å². The van der Waals surface area contributed by atoms with Crippen molar-refractivity contribution < 1.29 is 9.26 Å². The van der Waals surface area contributed by atoms with Crippen LogP contribution in [0.3, 0.4) is 0 Å². The van der Waals surface area contributed by atoms with Gasteiger partial charge >= 0.3 is 0 Å². The maximum absolute atomic E-state index is 5.80. The molecule has 0 amide bonds. The van der Waals surface area contributed by atoms with E-state index in [1.54, 1.807) is 0 Å². The maximum atomic E-state index is 5.80. The van der Waals surface area contributed by atoms with Crippen LogP contribution in [0.4, 0.5) is 0 Å². The van der Waals surface area contributed by atoms with Gasteiger partial charge in [0.1, 0.15) is 11.5 Å². The average Bonchev–Trinajstić information content (AvgIpc) is 3.40. The molecule has 1 N–H and O–H groups in total. The Labute approximate surface area is 151 Å². The predicted octanol–water partition coefficient (Wildman–Crippen LogP) is 1.58. The zero-order chi connectivity index (χ0) is 17.5. The quantitative estimate of drug-likeness (QED) is 0.766. The lowest BCUT2D eigenvalue weighted by atomic mass is 9.98. The second-order valence-corrected chi connectivity index (χ2v) is 7.08. The van der Waals surface area contributed by atoms with Crippen LogP contribution in [0.2, 0.25) is 0 Å². The third-order valence-electron chi connectivity index (χ3n) is 5.23. The maximum Gasteiger partial charge on any atom is 0.160 e. The highest BCUT2D eigenvalue weighted by molar-refractivity contribution is 5.51. The van der Waals surface area contributed by atoms with Crippen LogP contribution >= 0.6 is 0 Å². The molecule has 5 rings (SSSR count). The summed E-state index contributed by atoms with van der Waals surface area (Å²) in [6, 6.07) is 4.35. The molecule has 3 aromatic heterocycles. The Morgan fingerprint density at radius 1 is 1.31 bits per heavy atom. The van der Waals surface area contributed by atoms with Crippen molar-refractivity contribution in [2.75, 3.05) is 19.8 Å². The van der Waals surface area contributed by atoms with Crippen LogP contribution in [-0.4, -0.2) is 44.2 Å². The topological polar surface area (TPSA) is 82.9 Å². The molecule has 1 fully saturated rings. The number of aryl methyl sites for hydroxylation is 1. The summed E-state index contributed by atoms with van der Waals surface area (Å²) in [6.45, 7) is 6.04. The Morgan fingerprint density at radius 2 is 2.27 bits per heavy atom. The summed E-state index contributed by atoms with van der Waals surface area (Å²) >= 11 is 0. The van der Waals surface area contributed by atoms with Crippen molar-refractivity contribution in [1.82, 2.24) is 29.8 Å². The minimum absolute atomic E-state index is 0.217. The Morgan fingerprint density at radius 3 is 3.12 bits per heavy atom. The molecule has 0 aliphatic carbocycles. The number of ether oxygens (including phenoxy) is 1. The average molecular weight is 354 g/mol. The van der Waals surface area contributed by atoms with Crippen molar-refractivity contribution in [1.29, 1.82) is 0 Å². The number of hydrogen-bond donors (Lipinski definition) is 1. The molecule has 1 saturated heterocycles. The van der Waals surface area contributed by atoms with E-state index in [0.717, 1.165) is 49.0 Å². The lowest BCUT2D eigenvalue weighted by Gasteiger charge is -2.19. The molecule has 3 aromatic rings. The number of hydrogen-bond acceptors (Lipinski definition) is 6. The first kappa shape index (κ1) is 15.8. The highest BCUT2D eigenvalue weighted by Crippen LogP contribution is 2.32. The molecule has 26 heavy (non-hydrogen) atoms. The van der Waals surface area contributed by atoms with Gasteiger partial charge in [0.2, 0.25) is 0 Å². The fourth-order valence-electron chi connectivity index (χ4n) is 3.94. The van der Waals surface area contributed by atoms with Crippen LogP contribution < -0.4 is 5.32 Å². The molecule has 0 radical (unpaired) electrons. The van der Waals surface area contributed by atoms with Gasteiger partial charge in [-0.05, 0) is 13.0 Å². The molecule has 0 saturated carbocycles. The van der Waals surface area contributed by atoms with Gasteiger partial charge in [-0.25, -0.2) is 4.98 Å². The van der Waals surface area contributed by atoms with Crippen molar-refractivity contribution in [3.05, 3.63) is 41.7 Å². The summed E-state index contributed by atoms with van der Waals surface area (Å²) in [5, 5.41) is 12.1. The second-order valence-electron chi connectivity index (χ2n) is 7.08. The predicted molar refractivity (Wildman–Crippen MR) is 93.4 cm³/mol. The number of imidazole rings is 1. The van der Waals surface area contributed by atoms with Gasteiger partial charge in [0.05, 0.1) is 37.2 Å². The lowest BCUT2D eigenvalue weighted by Crippen LogP contribution is -2.28. The summed E-state index contributed by atoms with van der Waals surface area (Å²) in [6.07, 6.45) is 4.69. The van der Waals surface area contributed by atoms with Gasteiger partial charge in [-0.15, -0.1) is 0 Å². The number of aromatic nitrogens is 5. The summed E-state index contributed by atoms with van der Waals surface area (Å²) in [5.74, 6) is 2.14. The minimum Gasteiger partial charge on any atom is -0.379 e. The molecular weight excluding hydrogens is 332 g/mol. The molecule has 2 aliphatic rings. The number of nitrogens with one attached hydrogen (secondary N) is 1. The van der Waals surface area contributed by atoms with E-state index in [9.17, 15) is 0 Å². The van der Waals surface area contributed by atoms with Crippen molar-refractivity contribution >= 4 is 0 Å². The molecule has 2 aliphatic heterocycles. The highest BCUT2D eigenvalue weighted by atomic mass is 16.5. The SMILES string of the molecule is Cc1cc(CC2COCC2n2ccnc2-c2cc3n(n2)CCNC3)on1. The zero-order valence-electron chi connectivity index (χ0n) is 14.8. The van der Waals surface area contributed by atoms with Gasteiger partial charge in [0.15, 0.2) is 5.82 Å². The fourth-order valence-corrected chi connectivity index (χ4v) is 3.94. The molecule has 2 unspecified atom stereocenters. The number of fused-ring (bicyclic) bond motifs is 1. The minimum atomic E-state index is 0.217. The molecule has 0 aromatic carbocycles. The first-order chi connectivity index (χ1) is 12.8. The van der Waals surface area contributed by atoms with E-state index in [2.05, 4.69) is 30.8 Å². The molecule has 136 valence electrons. The Balaban J connectivity index is 1.43. The van der Waals surface area contributed by atoms with Gasteiger partial charge in [0.25, 0.3) is 0 Å². The van der Waals surface area contributed by atoms with Crippen LogP contribution in [0, 0.1) is 12.8 Å². The Kier molecular flexibility index (Phi) is 3.86. The van der Waals surface area contributed by atoms with Crippen LogP contribution in [0.25, 0.3) is 11.5 Å². The molecule has 0 spiro atoms. The third-order valence-corrected chi connectivity index (χ3v) is 5.23. The van der Waals surface area contributed by atoms with E-state index >= 15 is 0 Å². The van der Waals surface area contributed by atoms with Crippen molar-refractivity contribution in [3.8, 4) is 11.5 Å².